The number of hydrogen-bond donors (Lipinski definition) is 4. The highest BCUT2D eigenvalue weighted by molar-refractivity contribution is 9.15. The molecule has 0 atom stereocenters. The molecule has 2 amide bonds. The molecule has 39 heavy (non-hydrogen) atoms. The molecule has 0 unspecified atom stereocenters. The summed E-state index contributed by atoms with van der Waals surface area (Å²) in [4.78, 5) is 74.3. The maximum Gasteiger partial charge on any atom is 0.354 e. The summed E-state index contributed by atoms with van der Waals surface area (Å²) in [5.74, 6) is -4.36. The Morgan fingerprint density at radius 1 is 0.718 bits per heavy atom. The highest BCUT2D eigenvalue weighted by atomic mass is 79.9. The van der Waals surface area contributed by atoms with Gasteiger partial charge < -0.3 is 25.8 Å². The van der Waals surface area contributed by atoms with Crippen LogP contribution in [0.4, 0.5) is 0 Å². The number of ether oxygens (including phenoxy) is 1. The van der Waals surface area contributed by atoms with Crippen molar-refractivity contribution in [1.29, 1.82) is 0 Å². The van der Waals surface area contributed by atoms with Crippen molar-refractivity contribution in [3.63, 3.8) is 0 Å². The van der Waals surface area contributed by atoms with Crippen LogP contribution in [-0.4, -0.2) is 75.0 Å². The number of carboxylic acid groups (broad SMARTS) is 3. The molecular weight excluding hydrogens is 788 g/mol. The summed E-state index contributed by atoms with van der Waals surface area (Å²) in [6.45, 7) is 2.07. The zero-order valence-electron chi connectivity index (χ0n) is 20.7. The van der Waals surface area contributed by atoms with Gasteiger partial charge in [0.25, 0.3) is 17.8 Å². The maximum atomic E-state index is 11.6. The van der Waals surface area contributed by atoms with E-state index in [9.17, 15) is 28.8 Å². The van der Waals surface area contributed by atoms with Gasteiger partial charge in [0.05, 0.1) is 0 Å². The van der Waals surface area contributed by atoms with Gasteiger partial charge in [0.15, 0.2) is 0 Å². The van der Waals surface area contributed by atoms with Crippen LogP contribution in [0, 0.1) is 0 Å². The number of hydrogen-bond acceptors (Lipinski definition) is 9. The van der Waals surface area contributed by atoms with E-state index in [0.717, 1.165) is 31.1 Å². The van der Waals surface area contributed by atoms with E-state index in [1.165, 1.54) is 0 Å². The first-order valence-corrected chi connectivity index (χ1v) is 14.3. The minimum absolute atomic E-state index is 0. The van der Waals surface area contributed by atoms with Crippen molar-refractivity contribution >= 4 is 105 Å². The molecule has 0 aromatic carbocycles. The molecule has 0 saturated heterocycles. The van der Waals surface area contributed by atoms with E-state index in [4.69, 9.17) is 25.8 Å². The average molecular weight is 819 g/mol. The van der Waals surface area contributed by atoms with Gasteiger partial charge in [-0.15, -0.1) is 0 Å². The largest absolute Gasteiger partial charge is 0.481 e. The first kappa shape index (κ1) is 39.2. The molecule has 0 aromatic heterocycles. The summed E-state index contributed by atoms with van der Waals surface area (Å²) in [6.07, 6.45) is 4.88. The van der Waals surface area contributed by atoms with E-state index >= 15 is 0 Å². The lowest BCUT2D eigenvalue weighted by molar-refractivity contribution is -0.150. The molecular formula is C22H30Br4N2O11. The van der Waals surface area contributed by atoms with Crippen molar-refractivity contribution in [3.05, 3.63) is 17.9 Å². The normalized spacial score (nSPS) is 14.2. The molecule has 0 spiro atoms. The second kappa shape index (κ2) is 21.8. The van der Waals surface area contributed by atoms with E-state index in [-0.39, 0.29) is 44.0 Å². The molecule has 5 N–H and O–H groups in total. The first-order chi connectivity index (χ1) is 18.1. The van der Waals surface area contributed by atoms with Gasteiger partial charge in [0.1, 0.15) is 17.9 Å². The van der Waals surface area contributed by atoms with E-state index in [2.05, 4.69) is 68.5 Å². The molecule has 2 aliphatic rings. The Labute approximate surface area is 259 Å². The Hall–Kier alpha value is -1.95. The van der Waals surface area contributed by atoms with Crippen LogP contribution >= 0.6 is 63.7 Å². The van der Waals surface area contributed by atoms with Crippen LogP contribution in [0.25, 0.3) is 0 Å². The first-order valence-electron chi connectivity index (χ1n) is 11.1. The molecule has 0 radical (unpaired) electrons. The molecule has 2 aliphatic heterocycles. The summed E-state index contributed by atoms with van der Waals surface area (Å²) in [5.41, 5.74) is 5.20. The van der Waals surface area contributed by atoms with Crippen molar-refractivity contribution in [2.45, 2.75) is 58.3 Å². The molecule has 2 heterocycles. The Kier molecular flexibility index (Phi) is 21.9. The highest BCUT2D eigenvalue weighted by Gasteiger charge is 2.35. The molecule has 2 rings (SSSR count). The number of amides is 2. The Bertz CT molecular complexity index is 953. The number of nitrogens with two attached hydrogens (primary N) is 1. The van der Waals surface area contributed by atoms with Gasteiger partial charge in [-0.25, -0.2) is 9.59 Å². The van der Waals surface area contributed by atoms with Crippen LogP contribution in [0.1, 0.15) is 59.7 Å². The lowest BCUT2D eigenvalue weighted by Gasteiger charge is -2.13. The molecule has 0 aromatic rings. The molecule has 0 fully saturated rings. The standard InChI is InChI=1S/C10H11Br2NO4.C6H13NO2.C4Br2O3.C2H4O2.H2/c11-7-8(12)10(17)13(9(7)16)5-3-1-2-4-6(14)15;7-5-3-1-2-4-6(8)9;5-1-2(6)4(8)9-3(1)7;1-2(3)4;/h1-5H2,(H,14,15);1-5,7H2,(H,8,9);;1H3,(H,3,4);1H/i;;;;1+1. The summed E-state index contributed by atoms with van der Waals surface area (Å²) in [7, 11) is 0. The predicted octanol–water partition coefficient (Wildman–Crippen LogP) is 4.00. The van der Waals surface area contributed by atoms with E-state index in [0.29, 0.717) is 32.4 Å². The molecule has 17 heteroatoms. The van der Waals surface area contributed by atoms with Crippen LogP contribution in [0.5, 0.6) is 0 Å². The fourth-order valence-corrected chi connectivity index (χ4v) is 3.65. The number of esters is 2. The van der Waals surface area contributed by atoms with Crippen LogP contribution < -0.4 is 5.73 Å². The zero-order valence-corrected chi connectivity index (χ0v) is 27.1. The number of nitrogens with zero attached hydrogens (tertiary/aromatic N) is 1. The van der Waals surface area contributed by atoms with Gasteiger partial charge in [0, 0.05) is 27.7 Å². The summed E-state index contributed by atoms with van der Waals surface area (Å²) < 4.78 is 4.92. The lowest BCUT2D eigenvalue weighted by atomic mass is 10.2. The van der Waals surface area contributed by atoms with Crippen molar-refractivity contribution in [1.82, 2.24) is 4.90 Å². The number of cyclic esters (lactones) is 2. The van der Waals surface area contributed by atoms with Crippen LogP contribution in [0.3, 0.4) is 0 Å². The van der Waals surface area contributed by atoms with Gasteiger partial charge in [-0.2, -0.15) is 0 Å². The maximum absolute atomic E-state index is 11.6. The highest BCUT2D eigenvalue weighted by Crippen LogP contribution is 2.29. The van der Waals surface area contributed by atoms with Crippen LogP contribution in [-0.2, 0) is 38.3 Å². The lowest BCUT2D eigenvalue weighted by Crippen LogP contribution is -2.32. The summed E-state index contributed by atoms with van der Waals surface area (Å²) in [5, 5.41) is 24.0. The second-order valence-electron chi connectivity index (χ2n) is 7.41. The number of carbonyl (C=O) groups is 7. The van der Waals surface area contributed by atoms with Crippen molar-refractivity contribution in [2.75, 3.05) is 13.1 Å². The van der Waals surface area contributed by atoms with Gasteiger partial charge in [-0.3, -0.25) is 28.9 Å². The van der Waals surface area contributed by atoms with Crippen LogP contribution in [0.2, 0.25) is 0 Å². The minimum Gasteiger partial charge on any atom is -0.481 e. The van der Waals surface area contributed by atoms with E-state index < -0.39 is 29.8 Å². The van der Waals surface area contributed by atoms with E-state index in [1.54, 1.807) is 0 Å². The number of aliphatic carboxylic acids is 3. The SMILES string of the molecule is CC(=O)O.NCCCCCC(=O)O.O=C(O)CCCCCN1C(=O)C(Br)=C(Br)C1=O.O=C1OC(=O)C(Br)=C1Br.[2HH]. The number of halogens is 4. The summed E-state index contributed by atoms with van der Waals surface area (Å²) >= 11 is 11.8. The Morgan fingerprint density at radius 2 is 1.08 bits per heavy atom. The molecule has 0 aliphatic carbocycles. The minimum atomic E-state index is -0.833. The fourth-order valence-electron chi connectivity index (χ4n) is 2.39. The second-order valence-corrected chi connectivity index (χ2v) is 10.6. The zero-order chi connectivity index (χ0) is 30.7. The number of carboxylic acids is 3. The molecule has 0 saturated carbocycles. The number of unbranched alkanes of at least 4 members (excludes halogenated alkanes) is 4. The van der Waals surface area contributed by atoms with Crippen LogP contribution in [0.15, 0.2) is 17.9 Å². The summed E-state index contributed by atoms with van der Waals surface area (Å²) in [6, 6.07) is 0. The van der Waals surface area contributed by atoms with Crippen molar-refractivity contribution in [3.8, 4) is 0 Å². The number of carbonyl (C=O) groups excluding carboxylic acids is 4. The number of rotatable bonds is 11. The Morgan fingerprint density at radius 3 is 1.36 bits per heavy atom. The van der Waals surface area contributed by atoms with Gasteiger partial charge in [0.2, 0.25) is 0 Å². The third kappa shape index (κ3) is 18.1. The van der Waals surface area contributed by atoms with Crippen molar-refractivity contribution < 1.29 is 55.0 Å². The monoisotopic (exact) mass is 815 g/mol. The molecule has 222 valence electrons. The predicted molar refractivity (Wildman–Crippen MR) is 154 cm³/mol. The number of imide groups is 1. The van der Waals surface area contributed by atoms with Gasteiger partial charge in [-0.1, -0.05) is 12.8 Å². The van der Waals surface area contributed by atoms with E-state index in [1.807, 2.05) is 0 Å². The van der Waals surface area contributed by atoms with Crippen molar-refractivity contribution in [2.24, 2.45) is 5.73 Å². The molecule has 13 nitrogen and oxygen atoms in total. The van der Waals surface area contributed by atoms with Gasteiger partial charge in [-0.05, 0) is 95.9 Å². The fraction of sp³-hybridized carbons (Fsp3) is 0.500. The average Bonchev–Trinajstić information content (AvgIpc) is 3.17. The quantitative estimate of drug-likeness (QED) is 0.101. The smallest absolute Gasteiger partial charge is 0.354 e. The third-order valence-electron chi connectivity index (χ3n) is 4.16. The topological polar surface area (TPSA) is 219 Å². The third-order valence-corrected chi connectivity index (χ3v) is 8.14. The Balaban J connectivity index is -0.000000507. The van der Waals surface area contributed by atoms with Gasteiger partial charge >= 0.3 is 23.9 Å². The molecule has 0 bridgehead atoms.